The van der Waals surface area contributed by atoms with Crippen LogP contribution in [0.1, 0.15) is 22.3 Å². The number of aliphatic carboxylic acids is 1. The Morgan fingerprint density at radius 3 is 2.35 bits per heavy atom. The summed E-state index contributed by atoms with van der Waals surface area (Å²) in [5.41, 5.74) is -0.831. The molecule has 1 saturated heterocycles. The van der Waals surface area contributed by atoms with Crippen LogP contribution in [0.2, 0.25) is 0 Å². The summed E-state index contributed by atoms with van der Waals surface area (Å²) in [5, 5.41) is 8.64. The fourth-order valence-corrected chi connectivity index (χ4v) is 2.44. The molecule has 0 unspecified atom stereocenters. The van der Waals surface area contributed by atoms with Gasteiger partial charge in [-0.1, -0.05) is 6.07 Å². The maximum absolute atomic E-state index is 12.7. The van der Waals surface area contributed by atoms with E-state index in [0.717, 1.165) is 12.1 Å². The number of hydrogen-bond acceptors (Lipinski definition) is 3. The lowest BCUT2D eigenvalue weighted by molar-refractivity contribution is -0.138. The van der Waals surface area contributed by atoms with E-state index in [1.54, 1.807) is 0 Å². The van der Waals surface area contributed by atoms with Crippen LogP contribution in [0, 0.1) is 0 Å². The first-order valence-corrected chi connectivity index (χ1v) is 7.18. The van der Waals surface area contributed by atoms with Gasteiger partial charge in [-0.05, 0) is 18.2 Å². The normalized spacial score (nSPS) is 16.4. The lowest BCUT2D eigenvalue weighted by Gasteiger charge is -2.34. The molecule has 0 radical (unpaired) electrons. The van der Waals surface area contributed by atoms with E-state index < -0.39 is 23.6 Å². The summed E-state index contributed by atoms with van der Waals surface area (Å²) >= 11 is 0. The van der Waals surface area contributed by atoms with E-state index in [4.69, 9.17) is 5.11 Å². The van der Waals surface area contributed by atoms with Crippen molar-refractivity contribution >= 4 is 11.9 Å². The Morgan fingerprint density at radius 2 is 1.78 bits per heavy atom. The molecule has 0 aliphatic carbocycles. The number of carboxylic acid groups (broad SMARTS) is 1. The Kier molecular flexibility index (Phi) is 5.25. The molecule has 1 fully saturated rings. The van der Waals surface area contributed by atoms with Crippen molar-refractivity contribution in [2.45, 2.75) is 12.6 Å². The lowest BCUT2D eigenvalue weighted by atomic mass is 10.1. The molecule has 1 heterocycles. The summed E-state index contributed by atoms with van der Waals surface area (Å²) in [4.78, 5) is 26.2. The molecule has 0 aromatic heterocycles. The van der Waals surface area contributed by atoms with E-state index in [1.165, 1.54) is 17.0 Å². The second kappa shape index (κ2) is 6.99. The van der Waals surface area contributed by atoms with Crippen LogP contribution in [0.4, 0.5) is 13.2 Å². The number of carbonyl (C=O) groups is 2. The van der Waals surface area contributed by atoms with Gasteiger partial charge in [0.1, 0.15) is 0 Å². The highest BCUT2D eigenvalue weighted by Gasteiger charge is 2.31. The molecule has 2 rings (SSSR count). The van der Waals surface area contributed by atoms with E-state index >= 15 is 0 Å². The van der Waals surface area contributed by atoms with Gasteiger partial charge < -0.3 is 10.0 Å². The van der Waals surface area contributed by atoms with Crippen LogP contribution in [-0.2, 0) is 11.0 Å². The zero-order valence-electron chi connectivity index (χ0n) is 12.3. The van der Waals surface area contributed by atoms with Crippen molar-refractivity contribution in [3.63, 3.8) is 0 Å². The number of piperazine rings is 1. The molecule has 126 valence electrons. The van der Waals surface area contributed by atoms with Gasteiger partial charge in [-0.2, -0.15) is 13.2 Å². The summed E-state index contributed by atoms with van der Waals surface area (Å²) < 4.78 is 38.1. The molecule has 8 heteroatoms. The molecule has 1 aliphatic heterocycles. The fraction of sp³-hybridized carbons (Fsp3) is 0.467. The number of carbonyl (C=O) groups excluding carboxylic acids is 1. The average molecular weight is 330 g/mol. The zero-order chi connectivity index (χ0) is 17.0. The second-order valence-corrected chi connectivity index (χ2v) is 5.36. The van der Waals surface area contributed by atoms with Gasteiger partial charge in [-0.3, -0.25) is 14.5 Å². The molecule has 1 aromatic carbocycles. The first-order valence-electron chi connectivity index (χ1n) is 7.18. The van der Waals surface area contributed by atoms with Gasteiger partial charge in [0, 0.05) is 38.3 Å². The van der Waals surface area contributed by atoms with Gasteiger partial charge in [-0.25, -0.2) is 0 Å². The summed E-state index contributed by atoms with van der Waals surface area (Å²) in [7, 11) is 0. The number of nitrogens with zero attached hydrogens (tertiary/aromatic N) is 2. The topological polar surface area (TPSA) is 60.9 Å². The molecular formula is C15H17F3N2O3. The monoisotopic (exact) mass is 330 g/mol. The number of hydrogen-bond donors (Lipinski definition) is 1. The van der Waals surface area contributed by atoms with Crippen molar-refractivity contribution in [2.24, 2.45) is 0 Å². The minimum absolute atomic E-state index is 0.0128. The Bertz CT molecular complexity index is 582. The minimum atomic E-state index is -4.48. The molecule has 1 aliphatic rings. The molecule has 0 atom stereocenters. The highest BCUT2D eigenvalue weighted by Crippen LogP contribution is 2.29. The Morgan fingerprint density at radius 1 is 1.13 bits per heavy atom. The summed E-state index contributed by atoms with van der Waals surface area (Å²) in [6, 6.07) is 4.38. The maximum atomic E-state index is 12.7. The molecular weight excluding hydrogens is 313 g/mol. The zero-order valence-corrected chi connectivity index (χ0v) is 12.3. The standard InChI is InChI=1S/C15H17F3N2O3/c16-15(17,18)12-3-1-2-11(10-12)14(23)20-8-6-19(7-9-20)5-4-13(21)22/h1-3,10H,4-9H2,(H,21,22). The Balaban J connectivity index is 1.96. The number of carboxylic acids is 1. The minimum Gasteiger partial charge on any atom is -0.481 e. The number of halogens is 3. The first kappa shape index (κ1) is 17.3. The predicted octanol–water partition coefficient (Wildman–Crippen LogP) is 1.94. The van der Waals surface area contributed by atoms with Crippen molar-refractivity contribution in [2.75, 3.05) is 32.7 Å². The van der Waals surface area contributed by atoms with Gasteiger partial charge >= 0.3 is 12.1 Å². The summed E-state index contributed by atoms with van der Waals surface area (Å²) in [6.45, 7) is 2.17. The van der Waals surface area contributed by atoms with Crippen molar-refractivity contribution in [3.05, 3.63) is 35.4 Å². The van der Waals surface area contributed by atoms with Crippen LogP contribution in [0.25, 0.3) is 0 Å². The molecule has 1 amide bonds. The van der Waals surface area contributed by atoms with E-state index in [0.29, 0.717) is 32.7 Å². The number of rotatable bonds is 4. The van der Waals surface area contributed by atoms with Crippen LogP contribution in [0.3, 0.4) is 0 Å². The molecule has 5 nitrogen and oxygen atoms in total. The fourth-order valence-electron chi connectivity index (χ4n) is 2.44. The van der Waals surface area contributed by atoms with Gasteiger partial charge in [0.2, 0.25) is 0 Å². The van der Waals surface area contributed by atoms with Crippen LogP contribution < -0.4 is 0 Å². The van der Waals surface area contributed by atoms with E-state index in [2.05, 4.69) is 0 Å². The number of benzene rings is 1. The van der Waals surface area contributed by atoms with Crippen molar-refractivity contribution in [1.82, 2.24) is 9.80 Å². The Labute approximate surface area is 131 Å². The maximum Gasteiger partial charge on any atom is 0.416 e. The van der Waals surface area contributed by atoms with Crippen molar-refractivity contribution in [3.8, 4) is 0 Å². The third kappa shape index (κ3) is 4.69. The third-order valence-electron chi connectivity index (χ3n) is 3.74. The predicted molar refractivity (Wildman–Crippen MR) is 76.0 cm³/mol. The number of alkyl halides is 3. The van der Waals surface area contributed by atoms with Gasteiger partial charge in [-0.15, -0.1) is 0 Å². The Hall–Kier alpha value is -2.09. The van der Waals surface area contributed by atoms with E-state index in [9.17, 15) is 22.8 Å². The summed E-state index contributed by atoms with van der Waals surface area (Å²) in [6.07, 6.45) is -4.45. The molecule has 1 N–H and O–H groups in total. The highest BCUT2D eigenvalue weighted by molar-refractivity contribution is 5.94. The number of amides is 1. The van der Waals surface area contributed by atoms with Crippen molar-refractivity contribution < 1.29 is 27.9 Å². The molecule has 1 aromatic rings. The lowest BCUT2D eigenvalue weighted by Crippen LogP contribution is -2.49. The first-order chi connectivity index (χ1) is 10.8. The highest BCUT2D eigenvalue weighted by atomic mass is 19.4. The molecule has 0 saturated carbocycles. The summed E-state index contributed by atoms with van der Waals surface area (Å²) in [5.74, 6) is -1.32. The van der Waals surface area contributed by atoms with Gasteiger partial charge in [0.25, 0.3) is 5.91 Å². The quantitative estimate of drug-likeness (QED) is 0.916. The van der Waals surface area contributed by atoms with Crippen molar-refractivity contribution in [1.29, 1.82) is 0 Å². The average Bonchev–Trinajstić information content (AvgIpc) is 2.52. The van der Waals surface area contributed by atoms with Crippen LogP contribution in [0.5, 0.6) is 0 Å². The molecule has 0 spiro atoms. The SMILES string of the molecule is O=C(O)CCN1CCN(C(=O)c2cccc(C(F)(F)F)c2)CC1. The van der Waals surface area contributed by atoms with Crippen LogP contribution in [-0.4, -0.2) is 59.5 Å². The van der Waals surface area contributed by atoms with E-state index in [-0.39, 0.29) is 12.0 Å². The van der Waals surface area contributed by atoms with E-state index in [1.807, 2.05) is 4.90 Å². The largest absolute Gasteiger partial charge is 0.481 e. The smallest absolute Gasteiger partial charge is 0.416 e. The van der Waals surface area contributed by atoms with Gasteiger partial charge in [0.15, 0.2) is 0 Å². The van der Waals surface area contributed by atoms with Gasteiger partial charge in [0.05, 0.1) is 12.0 Å². The molecule has 0 bridgehead atoms. The third-order valence-corrected chi connectivity index (χ3v) is 3.74. The van der Waals surface area contributed by atoms with Crippen LogP contribution in [0.15, 0.2) is 24.3 Å². The second-order valence-electron chi connectivity index (χ2n) is 5.36. The molecule has 23 heavy (non-hydrogen) atoms. The van der Waals surface area contributed by atoms with Crippen LogP contribution >= 0.6 is 0 Å².